The van der Waals surface area contributed by atoms with Crippen molar-refractivity contribution in [1.29, 1.82) is 0 Å². The average molecular weight is 300 g/mol. The third-order valence-corrected chi connectivity index (χ3v) is 3.22. The molecule has 2 N–H and O–H groups in total. The molecule has 0 saturated heterocycles. The number of carbonyl (C=O) groups is 1. The molecule has 0 heterocycles. The Kier molecular flexibility index (Phi) is 9.21. The first-order valence-corrected chi connectivity index (χ1v) is 6.76. The summed E-state index contributed by atoms with van der Waals surface area (Å²) >= 11 is 0. The van der Waals surface area contributed by atoms with E-state index >= 15 is 0 Å². The topological polar surface area (TPSA) is 49.6 Å². The van der Waals surface area contributed by atoms with Crippen LogP contribution in [0.2, 0.25) is 0 Å². The number of rotatable bonds is 7. The standard InChI is InChI=1S/C15H25N3O.ClH/c1-13(2)17(3)15(19)12-18(10-9-16)11-14-7-5-4-6-8-14;/h4-8,13H,9-12,16H2,1-3H3;1H. The van der Waals surface area contributed by atoms with E-state index < -0.39 is 0 Å². The molecule has 114 valence electrons. The van der Waals surface area contributed by atoms with Crippen molar-refractivity contribution in [3.8, 4) is 0 Å². The lowest BCUT2D eigenvalue weighted by Gasteiger charge is -2.27. The van der Waals surface area contributed by atoms with Crippen molar-refractivity contribution >= 4 is 18.3 Å². The SMILES string of the molecule is CC(C)N(C)C(=O)CN(CCN)Cc1ccccc1.Cl. The number of hydrogen-bond donors (Lipinski definition) is 1. The molecule has 0 aliphatic rings. The summed E-state index contributed by atoms with van der Waals surface area (Å²) in [5, 5.41) is 0. The normalized spacial score (nSPS) is 10.5. The molecule has 1 aromatic rings. The summed E-state index contributed by atoms with van der Waals surface area (Å²) in [4.78, 5) is 16.0. The third kappa shape index (κ3) is 6.37. The zero-order chi connectivity index (χ0) is 14.3. The maximum absolute atomic E-state index is 12.1. The summed E-state index contributed by atoms with van der Waals surface area (Å²) in [5.41, 5.74) is 6.83. The highest BCUT2D eigenvalue weighted by atomic mass is 35.5. The minimum Gasteiger partial charge on any atom is -0.342 e. The van der Waals surface area contributed by atoms with Crippen molar-refractivity contribution in [2.75, 3.05) is 26.7 Å². The van der Waals surface area contributed by atoms with Gasteiger partial charge in [0, 0.05) is 32.7 Å². The zero-order valence-electron chi connectivity index (χ0n) is 12.6. The number of hydrogen-bond acceptors (Lipinski definition) is 3. The first-order chi connectivity index (χ1) is 9.04. The summed E-state index contributed by atoms with van der Waals surface area (Å²) in [6, 6.07) is 10.4. The molecular weight excluding hydrogens is 274 g/mol. The lowest BCUT2D eigenvalue weighted by atomic mass is 10.2. The van der Waals surface area contributed by atoms with Gasteiger partial charge in [0.1, 0.15) is 0 Å². The Morgan fingerprint density at radius 3 is 2.35 bits per heavy atom. The molecule has 0 radical (unpaired) electrons. The van der Waals surface area contributed by atoms with Crippen LogP contribution in [-0.4, -0.2) is 48.4 Å². The van der Waals surface area contributed by atoms with Crippen LogP contribution in [0, 0.1) is 0 Å². The van der Waals surface area contributed by atoms with E-state index in [1.165, 1.54) is 5.56 Å². The highest BCUT2D eigenvalue weighted by Crippen LogP contribution is 2.05. The first kappa shape index (κ1) is 18.9. The second-order valence-electron chi connectivity index (χ2n) is 5.08. The van der Waals surface area contributed by atoms with Gasteiger partial charge in [0.15, 0.2) is 0 Å². The van der Waals surface area contributed by atoms with Crippen LogP contribution < -0.4 is 5.73 Å². The Balaban J connectivity index is 0.00000361. The number of benzene rings is 1. The predicted octanol–water partition coefficient (Wildman–Crippen LogP) is 1.74. The number of halogens is 1. The molecule has 0 fully saturated rings. The lowest BCUT2D eigenvalue weighted by Crippen LogP contribution is -2.42. The Bertz CT molecular complexity index is 384. The van der Waals surface area contributed by atoms with E-state index in [1.54, 1.807) is 4.90 Å². The van der Waals surface area contributed by atoms with Crippen LogP contribution >= 0.6 is 12.4 Å². The maximum atomic E-state index is 12.1. The summed E-state index contributed by atoms with van der Waals surface area (Å²) in [7, 11) is 1.84. The van der Waals surface area contributed by atoms with Crippen molar-refractivity contribution in [2.24, 2.45) is 5.73 Å². The van der Waals surface area contributed by atoms with Crippen molar-refractivity contribution in [1.82, 2.24) is 9.80 Å². The van der Waals surface area contributed by atoms with Gasteiger partial charge in [-0.2, -0.15) is 0 Å². The fraction of sp³-hybridized carbons (Fsp3) is 0.533. The monoisotopic (exact) mass is 299 g/mol. The van der Waals surface area contributed by atoms with E-state index in [-0.39, 0.29) is 24.4 Å². The predicted molar refractivity (Wildman–Crippen MR) is 85.9 cm³/mol. The summed E-state index contributed by atoms with van der Waals surface area (Å²) < 4.78 is 0. The van der Waals surface area contributed by atoms with Crippen LogP contribution in [0.1, 0.15) is 19.4 Å². The largest absolute Gasteiger partial charge is 0.342 e. The molecular formula is C15H26ClN3O. The number of nitrogens with zero attached hydrogens (tertiary/aromatic N) is 2. The van der Waals surface area contributed by atoms with E-state index in [0.29, 0.717) is 13.1 Å². The van der Waals surface area contributed by atoms with Crippen LogP contribution in [0.25, 0.3) is 0 Å². The second-order valence-corrected chi connectivity index (χ2v) is 5.08. The number of amides is 1. The molecule has 0 aliphatic heterocycles. The van der Waals surface area contributed by atoms with Crippen molar-refractivity contribution in [3.05, 3.63) is 35.9 Å². The highest BCUT2D eigenvalue weighted by Gasteiger charge is 2.16. The van der Waals surface area contributed by atoms with Crippen LogP contribution in [0.4, 0.5) is 0 Å². The van der Waals surface area contributed by atoms with Crippen molar-refractivity contribution < 1.29 is 4.79 Å². The maximum Gasteiger partial charge on any atom is 0.236 e. The highest BCUT2D eigenvalue weighted by molar-refractivity contribution is 5.85. The van der Waals surface area contributed by atoms with Gasteiger partial charge in [0.05, 0.1) is 6.54 Å². The molecule has 0 saturated carbocycles. The molecule has 4 nitrogen and oxygen atoms in total. The average Bonchev–Trinajstić information content (AvgIpc) is 2.39. The lowest BCUT2D eigenvalue weighted by molar-refractivity contribution is -0.132. The van der Waals surface area contributed by atoms with Crippen molar-refractivity contribution in [3.63, 3.8) is 0 Å². The van der Waals surface area contributed by atoms with E-state index in [0.717, 1.165) is 13.1 Å². The number of likely N-dealkylation sites (N-methyl/N-ethyl adjacent to an activating group) is 1. The molecule has 0 spiro atoms. The quantitative estimate of drug-likeness (QED) is 0.834. The summed E-state index contributed by atoms with van der Waals surface area (Å²) in [5.74, 6) is 0.138. The zero-order valence-corrected chi connectivity index (χ0v) is 13.4. The van der Waals surface area contributed by atoms with Gasteiger partial charge in [-0.25, -0.2) is 0 Å². The van der Waals surface area contributed by atoms with Crippen LogP contribution in [0.3, 0.4) is 0 Å². The molecule has 0 aromatic heterocycles. The Morgan fingerprint density at radius 1 is 1.25 bits per heavy atom. The molecule has 0 aliphatic carbocycles. The Labute approximate surface area is 128 Å². The van der Waals surface area contributed by atoms with E-state index in [2.05, 4.69) is 17.0 Å². The van der Waals surface area contributed by atoms with Gasteiger partial charge >= 0.3 is 0 Å². The van der Waals surface area contributed by atoms with Gasteiger partial charge in [0.25, 0.3) is 0 Å². The van der Waals surface area contributed by atoms with Gasteiger partial charge in [-0.3, -0.25) is 9.69 Å². The Morgan fingerprint density at radius 2 is 1.85 bits per heavy atom. The molecule has 5 heteroatoms. The third-order valence-electron chi connectivity index (χ3n) is 3.22. The molecule has 0 bridgehead atoms. The molecule has 0 unspecified atom stereocenters. The van der Waals surface area contributed by atoms with Crippen LogP contribution in [0.15, 0.2) is 30.3 Å². The minimum atomic E-state index is 0. The van der Waals surface area contributed by atoms with E-state index in [9.17, 15) is 4.79 Å². The second kappa shape index (κ2) is 9.75. The molecule has 0 atom stereocenters. The van der Waals surface area contributed by atoms with Gasteiger partial charge < -0.3 is 10.6 Å². The molecule has 1 rings (SSSR count). The van der Waals surface area contributed by atoms with Crippen LogP contribution in [-0.2, 0) is 11.3 Å². The fourth-order valence-electron chi connectivity index (χ4n) is 1.83. The summed E-state index contributed by atoms with van der Waals surface area (Å²) in [6.45, 7) is 6.50. The number of carbonyl (C=O) groups excluding carboxylic acids is 1. The minimum absolute atomic E-state index is 0. The summed E-state index contributed by atoms with van der Waals surface area (Å²) in [6.07, 6.45) is 0. The molecule has 1 amide bonds. The molecule has 1 aromatic carbocycles. The van der Waals surface area contributed by atoms with E-state index in [4.69, 9.17) is 5.73 Å². The van der Waals surface area contributed by atoms with Crippen molar-refractivity contribution in [2.45, 2.75) is 26.4 Å². The fourth-order valence-corrected chi connectivity index (χ4v) is 1.83. The molecule has 20 heavy (non-hydrogen) atoms. The van der Waals surface area contributed by atoms with Gasteiger partial charge in [-0.05, 0) is 19.4 Å². The van der Waals surface area contributed by atoms with Gasteiger partial charge in [-0.1, -0.05) is 30.3 Å². The number of nitrogens with two attached hydrogens (primary N) is 1. The van der Waals surface area contributed by atoms with E-state index in [1.807, 2.05) is 39.1 Å². The van der Waals surface area contributed by atoms with Gasteiger partial charge in [-0.15, -0.1) is 12.4 Å². The van der Waals surface area contributed by atoms with Crippen LogP contribution in [0.5, 0.6) is 0 Å². The van der Waals surface area contributed by atoms with Gasteiger partial charge in [0.2, 0.25) is 5.91 Å². The first-order valence-electron chi connectivity index (χ1n) is 6.76. The smallest absolute Gasteiger partial charge is 0.236 e. The Hall–Kier alpha value is -1.10.